The maximum atomic E-state index is 12.8. The van der Waals surface area contributed by atoms with Crippen molar-refractivity contribution in [3.05, 3.63) is 48.5 Å². The van der Waals surface area contributed by atoms with Gasteiger partial charge in [0.1, 0.15) is 11.0 Å². The Bertz CT molecular complexity index is 996. The van der Waals surface area contributed by atoms with E-state index in [2.05, 4.69) is 20.6 Å². The van der Waals surface area contributed by atoms with Crippen LogP contribution in [0.5, 0.6) is 0 Å². The van der Waals surface area contributed by atoms with Crippen molar-refractivity contribution < 1.29 is 14.3 Å². The van der Waals surface area contributed by atoms with E-state index in [1.54, 1.807) is 24.3 Å². The summed E-state index contributed by atoms with van der Waals surface area (Å²) in [5, 5.41) is 16.5. The molecule has 0 saturated heterocycles. The molecule has 25 heavy (non-hydrogen) atoms. The molecule has 0 spiro atoms. The lowest BCUT2D eigenvalue weighted by Gasteiger charge is -2.29. The molecule has 9 nitrogen and oxygen atoms in total. The van der Waals surface area contributed by atoms with Crippen LogP contribution in [0.25, 0.3) is 22.1 Å². The van der Waals surface area contributed by atoms with Crippen molar-refractivity contribution >= 4 is 28.0 Å². The highest BCUT2D eigenvalue weighted by Gasteiger charge is 2.49. The number of ether oxygens (including phenoxy) is 2. The minimum absolute atomic E-state index is 0.592. The molecule has 0 atom stereocenters. The van der Waals surface area contributed by atoms with Crippen LogP contribution in [0.2, 0.25) is 0 Å². The Labute approximate surface area is 141 Å². The number of hydrogen-bond donors (Lipinski definition) is 0. The van der Waals surface area contributed by atoms with Crippen LogP contribution in [0.15, 0.2) is 48.5 Å². The van der Waals surface area contributed by atoms with Gasteiger partial charge in [-0.25, -0.2) is 4.79 Å². The minimum Gasteiger partial charge on any atom is -0.464 e. The van der Waals surface area contributed by atoms with Crippen molar-refractivity contribution in [1.82, 2.24) is 30.0 Å². The van der Waals surface area contributed by atoms with Gasteiger partial charge in [0.05, 0.1) is 18.1 Å². The molecule has 0 aliphatic heterocycles. The molecular formula is C16H14N6O3. The van der Waals surface area contributed by atoms with Gasteiger partial charge in [0.25, 0.3) is 0 Å². The first-order valence-electron chi connectivity index (χ1n) is 7.48. The van der Waals surface area contributed by atoms with Crippen LogP contribution in [-0.2, 0) is 20.1 Å². The molecule has 0 aliphatic carbocycles. The first-order chi connectivity index (χ1) is 12.2. The molecule has 0 unspecified atom stereocenters. The summed E-state index contributed by atoms with van der Waals surface area (Å²) in [6, 6.07) is 14.4. The van der Waals surface area contributed by atoms with Crippen LogP contribution in [0.4, 0.5) is 0 Å². The van der Waals surface area contributed by atoms with Gasteiger partial charge < -0.3 is 9.47 Å². The van der Waals surface area contributed by atoms with Gasteiger partial charge in [-0.3, -0.25) is 0 Å². The lowest BCUT2D eigenvalue weighted by Crippen LogP contribution is -2.52. The fraction of sp³-hybridized carbons (Fsp3) is 0.188. The molecule has 0 fully saturated rings. The molecule has 2 aromatic heterocycles. The Morgan fingerprint density at radius 3 is 1.80 bits per heavy atom. The largest absolute Gasteiger partial charge is 0.464 e. The smallest absolute Gasteiger partial charge is 0.387 e. The molecule has 0 bridgehead atoms. The second kappa shape index (κ2) is 5.64. The Hall–Kier alpha value is -3.33. The maximum absolute atomic E-state index is 12.8. The Morgan fingerprint density at radius 1 is 0.880 bits per heavy atom. The zero-order chi connectivity index (χ0) is 17.4. The number of esters is 1. The zero-order valence-corrected chi connectivity index (χ0v) is 13.5. The molecule has 0 radical (unpaired) electrons. The van der Waals surface area contributed by atoms with Gasteiger partial charge >= 0.3 is 11.8 Å². The number of para-hydroxylation sites is 2. The van der Waals surface area contributed by atoms with Crippen LogP contribution in [0.1, 0.15) is 0 Å². The van der Waals surface area contributed by atoms with Crippen LogP contribution in [0.3, 0.4) is 0 Å². The first-order valence-corrected chi connectivity index (χ1v) is 7.48. The average molecular weight is 338 g/mol. The molecule has 4 aromatic rings. The number of nitrogens with zero attached hydrogens (tertiary/aromatic N) is 6. The van der Waals surface area contributed by atoms with E-state index in [9.17, 15) is 4.79 Å². The molecule has 0 amide bonds. The van der Waals surface area contributed by atoms with Gasteiger partial charge in [0.15, 0.2) is 0 Å². The number of carbonyl (C=O) groups is 1. The van der Waals surface area contributed by atoms with Crippen molar-refractivity contribution in [3.63, 3.8) is 0 Å². The van der Waals surface area contributed by atoms with Gasteiger partial charge in [-0.05, 0) is 24.3 Å². The van der Waals surface area contributed by atoms with Crippen LogP contribution >= 0.6 is 0 Å². The Balaban J connectivity index is 2.09. The Kier molecular flexibility index (Phi) is 3.43. The topological polar surface area (TPSA) is 97.0 Å². The van der Waals surface area contributed by atoms with Gasteiger partial charge in [0.2, 0.25) is 0 Å². The van der Waals surface area contributed by atoms with Crippen LogP contribution in [0, 0.1) is 0 Å². The van der Waals surface area contributed by atoms with E-state index >= 15 is 0 Å². The van der Waals surface area contributed by atoms with Crippen LogP contribution < -0.4 is 0 Å². The van der Waals surface area contributed by atoms with Crippen molar-refractivity contribution in [2.75, 3.05) is 14.2 Å². The van der Waals surface area contributed by atoms with E-state index in [-0.39, 0.29) is 0 Å². The summed E-state index contributed by atoms with van der Waals surface area (Å²) in [6.07, 6.45) is 0. The number of hydrogen-bond acceptors (Lipinski definition) is 7. The summed E-state index contributed by atoms with van der Waals surface area (Å²) in [7, 11) is 2.65. The number of fused-ring (bicyclic) bond motifs is 2. The first kappa shape index (κ1) is 15.2. The van der Waals surface area contributed by atoms with Crippen molar-refractivity contribution in [1.29, 1.82) is 0 Å². The third kappa shape index (κ3) is 2.02. The Morgan fingerprint density at radius 2 is 1.36 bits per heavy atom. The quantitative estimate of drug-likeness (QED) is 0.515. The molecule has 2 aromatic carbocycles. The zero-order valence-electron chi connectivity index (χ0n) is 13.5. The number of benzene rings is 2. The predicted octanol–water partition coefficient (Wildman–Crippen LogP) is 1.15. The summed E-state index contributed by atoms with van der Waals surface area (Å²) < 4.78 is 13.3. The number of carbonyl (C=O) groups excluding carboxylic acids is 1. The third-order valence-electron chi connectivity index (χ3n) is 4.01. The van der Waals surface area contributed by atoms with Crippen LogP contribution in [-0.4, -0.2) is 50.2 Å². The van der Waals surface area contributed by atoms with Crippen molar-refractivity contribution in [2.45, 2.75) is 5.85 Å². The number of rotatable bonds is 4. The maximum Gasteiger partial charge on any atom is 0.387 e. The summed E-state index contributed by atoms with van der Waals surface area (Å²) in [5.41, 5.74) is 2.40. The summed E-state index contributed by atoms with van der Waals surface area (Å²) in [4.78, 5) is 12.8. The van der Waals surface area contributed by atoms with Gasteiger partial charge in [0, 0.05) is 7.11 Å². The molecule has 0 aliphatic rings. The van der Waals surface area contributed by atoms with E-state index in [4.69, 9.17) is 9.47 Å². The van der Waals surface area contributed by atoms with Crippen molar-refractivity contribution in [3.8, 4) is 0 Å². The van der Waals surface area contributed by atoms with Gasteiger partial charge in [-0.2, -0.15) is 9.36 Å². The second-order valence-electron chi connectivity index (χ2n) is 5.28. The highest BCUT2D eigenvalue weighted by atomic mass is 16.6. The van der Waals surface area contributed by atoms with E-state index in [0.717, 1.165) is 0 Å². The molecule has 9 heteroatoms. The normalized spacial score (nSPS) is 11.9. The second-order valence-corrected chi connectivity index (χ2v) is 5.28. The lowest BCUT2D eigenvalue weighted by atomic mass is 10.2. The van der Waals surface area contributed by atoms with E-state index in [1.807, 2.05) is 24.3 Å². The molecule has 0 saturated carbocycles. The number of aromatic nitrogens is 6. The number of methoxy groups -OCH3 is 2. The highest BCUT2D eigenvalue weighted by molar-refractivity contribution is 5.84. The van der Waals surface area contributed by atoms with Gasteiger partial charge in [-0.1, -0.05) is 34.7 Å². The molecular weight excluding hydrogens is 324 g/mol. The summed E-state index contributed by atoms with van der Waals surface area (Å²) in [5.74, 6) is -2.53. The molecule has 0 N–H and O–H groups in total. The lowest BCUT2D eigenvalue weighted by molar-refractivity contribution is -0.191. The SMILES string of the molecule is COC(=O)C(OC)(n1nnc2ccccc21)n1nnc2ccccc21. The van der Waals surface area contributed by atoms with E-state index < -0.39 is 11.8 Å². The molecule has 126 valence electrons. The van der Waals surface area contributed by atoms with E-state index in [1.165, 1.54) is 23.6 Å². The van der Waals surface area contributed by atoms with Gasteiger partial charge in [-0.15, -0.1) is 10.2 Å². The fourth-order valence-electron chi connectivity index (χ4n) is 2.84. The summed E-state index contributed by atoms with van der Waals surface area (Å²) in [6.45, 7) is 0. The third-order valence-corrected chi connectivity index (χ3v) is 4.01. The average Bonchev–Trinajstić information content (AvgIpc) is 3.28. The minimum atomic E-state index is -1.82. The fourth-order valence-corrected chi connectivity index (χ4v) is 2.84. The standard InChI is InChI=1S/C16H14N6O3/c1-24-15(23)16(25-2,21-13-9-5-3-7-11(13)17-19-21)22-14-10-6-4-8-12(14)18-20-22/h3-10H,1-2H3. The monoisotopic (exact) mass is 338 g/mol. The predicted molar refractivity (Wildman–Crippen MR) is 87.5 cm³/mol. The molecule has 2 heterocycles. The highest BCUT2D eigenvalue weighted by Crippen LogP contribution is 2.28. The van der Waals surface area contributed by atoms with Crippen molar-refractivity contribution in [2.24, 2.45) is 0 Å². The molecule has 4 rings (SSSR count). The van der Waals surface area contributed by atoms with E-state index in [0.29, 0.717) is 22.1 Å². The summed E-state index contributed by atoms with van der Waals surface area (Å²) >= 11 is 0.